The summed E-state index contributed by atoms with van der Waals surface area (Å²) in [6.45, 7) is 1.95. The number of pyridine rings is 1. The average molecular weight is 155 g/mol. The molecule has 0 N–H and O–H groups in total. The average Bonchev–Trinajstić information content (AvgIpc) is 2.03. The van der Waals surface area contributed by atoms with E-state index in [9.17, 15) is 4.39 Å². The lowest BCUT2D eigenvalue weighted by Crippen LogP contribution is -1.93. The molecule has 1 heterocycles. The van der Waals surface area contributed by atoms with Crippen LogP contribution in [-0.4, -0.2) is 12.1 Å². The van der Waals surface area contributed by atoms with Gasteiger partial charge in [-0.15, -0.1) is 0 Å². The molecule has 0 atom stereocenters. The van der Waals surface area contributed by atoms with Gasteiger partial charge in [0.15, 0.2) is 0 Å². The van der Waals surface area contributed by atoms with E-state index in [0.717, 1.165) is 12.0 Å². The standard InChI is InChI=1S/C8H10FNO/c1-3-6-4-7(9)10-8(5-6)11-2/h4-5H,3H2,1-2H3. The molecule has 1 rings (SSSR count). The van der Waals surface area contributed by atoms with Gasteiger partial charge in [0.2, 0.25) is 11.8 Å². The Morgan fingerprint density at radius 3 is 2.82 bits per heavy atom. The van der Waals surface area contributed by atoms with Gasteiger partial charge in [0.25, 0.3) is 0 Å². The number of aryl methyl sites for hydroxylation is 1. The summed E-state index contributed by atoms with van der Waals surface area (Å²) in [4.78, 5) is 3.51. The van der Waals surface area contributed by atoms with Crippen LogP contribution in [0.25, 0.3) is 0 Å². The zero-order chi connectivity index (χ0) is 8.27. The highest BCUT2D eigenvalue weighted by Gasteiger charge is 1.99. The molecule has 0 radical (unpaired) electrons. The first-order valence-corrected chi connectivity index (χ1v) is 3.46. The predicted molar refractivity (Wildman–Crippen MR) is 40.1 cm³/mol. The Morgan fingerprint density at radius 1 is 1.55 bits per heavy atom. The molecule has 0 aliphatic carbocycles. The number of hydrogen-bond donors (Lipinski definition) is 0. The highest BCUT2D eigenvalue weighted by Crippen LogP contribution is 2.11. The van der Waals surface area contributed by atoms with Gasteiger partial charge in [0, 0.05) is 6.07 Å². The maximum absolute atomic E-state index is 12.6. The van der Waals surface area contributed by atoms with Crippen molar-refractivity contribution in [1.29, 1.82) is 0 Å². The Kier molecular flexibility index (Phi) is 2.41. The van der Waals surface area contributed by atoms with Crippen LogP contribution in [0.3, 0.4) is 0 Å². The minimum absolute atomic E-state index is 0.335. The second-order valence-corrected chi connectivity index (χ2v) is 2.19. The van der Waals surface area contributed by atoms with Crippen molar-refractivity contribution in [2.45, 2.75) is 13.3 Å². The molecule has 11 heavy (non-hydrogen) atoms. The van der Waals surface area contributed by atoms with Gasteiger partial charge in [-0.1, -0.05) is 6.92 Å². The minimum atomic E-state index is -0.485. The van der Waals surface area contributed by atoms with Crippen LogP contribution in [0.15, 0.2) is 12.1 Å². The van der Waals surface area contributed by atoms with Gasteiger partial charge >= 0.3 is 0 Å². The first kappa shape index (κ1) is 7.98. The maximum Gasteiger partial charge on any atom is 0.216 e. The van der Waals surface area contributed by atoms with Crippen LogP contribution in [0, 0.1) is 5.95 Å². The number of ether oxygens (including phenoxy) is 1. The summed E-state index contributed by atoms with van der Waals surface area (Å²) in [5, 5.41) is 0. The van der Waals surface area contributed by atoms with E-state index in [-0.39, 0.29) is 0 Å². The van der Waals surface area contributed by atoms with E-state index in [4.69, 9.17) is 4.74 Å². The number of nitrogens with zero attached hydrogens (tertiary/aromatic N) is 1. The molecule has 3 heteroatoms. The van der Waals surface area contributed by atoms with Crippen LogP contribution >= 0.6 is 0 Å². The third-order valence-electron chi connectivity index (χ3n) is 1.45. The second-order valence-electron chi connectivity index (χ2n) is 2.19. The zero-order valence-electron chi connectivity index (χ0n) is 6.60. The van der Waals surface area contributed by atoms with Crippen LogP contribution in [0.2, 0.25) is 0 Å². The lowest BCUT2D eigenvalue weighted by atomic mass is 10.2. The molecule has 0 bridgehead atoms. The number of halogens is 1. The van der Waals surface area contributed by atoms with Crippen molar-refractivity contribution < 1.29 is 9.13 Å². The SMILES string of the molecule is CCc1cc(F)nc(OC)c1. The van der Waals surface area contributed by atoms with E-state index < -0.39 is 5.95 Å². The van der Waals surface area contributed by atoms with Crippen molar-refractivity contribution in [3.8, 4) is 5.88 Å². The molecule has 1 aromatic rings. The molecule has 0 saturated heterocycles. The molecule has 0 amide bonds. The van der Waals surface area contributed by atoms with E-state index in [0.29, 0.717) is 5.88 Å². The van der Waals surface area contributed by atoms with E-state index in [1.165, 1.54) is 13.2 Å². The van der Waals surface area contributed by atoms with E-state index in [1.54, 1.807) is 6.07 Å². The summed E-state index contributed by atoms with van der Waals surface area (Å²) < 4.78 is 17.4. The molecule has 0 aliphatic rings. The second kappa shape index (κ2) is 3.32. The third-order valence-corrected chi connectivity index (χ3v) is 1.45. The summed E-state index contributed by atoms with van der Waals surface area (Å²) in [5.74, 6) is -0.150. The van der Waals surface area contributed by atoms with Crippen molar-refractivity contribution in [1.82, 2.24) is 4.98 Å². The van der Waals surface area contributed by atoms with Crippen molar-refractivity contribution >= 4 is 0 Å². The van der Waals surface area contributed by atoms with Crippen molar-refractivity contribution in [2.24, 2.45) is 0 Å². The quantitative estimate of drug-likeness (QED) is 0.607. The molecule has 60 valence electrons. The van der Waals surface area contributed by atoms with Crippen LogP contribution in [0.5, 0.6) is 5.88 Å². The van der Waals surface area contributed by atoms with Crippen molar-refractivity contribution in [2.75, 3.05) is 7.11 Å². The van der Waals surface area contributed by atoms with E-state index in [1.807, 2.05) is 6.92 Å². The van der Waals surface area contributed by atoms with E-state index >= 15 is 0 Å². The Morgan fingerprint density at radius 2 is 2.27 bits per heavy atom. The largest absolute Gasteiger partial charge is 0.481 e. The lowest BCUT2D eigenvalue weighted by Gasteiger charge is -2.00. The Labute approximate surface area is 65.0 Å². The fraction of sp³-hybridized carbons (Fsp3) is 0.375. The fourth-order valence-electron chi connectivity index (χ4n) is 0.832. The minimum Gasteiger partial charge on any atom is -0.481 e. The molecule has 0 spiro atoms. The number of aromatic nitrogens is 1. The number of hydrogen-bond acceptors (Lipinski definition) is 2. The van der Waals surface area contributed by atoms with E-state index in [2.05, 4.69) is 4.98 Å². The predicted octanol–water partition coefficient (Wildman–Crippen LogP) is 1.79. The molecule has 1 aromatic heterocycles. The van der Waals surface area contributed by atoms with Crippen molar-refractivity contribution in [3.63, 3.8) is 0 Å². The molecule has 0 unspecified atom stereocenters. The van der Waals surface area contributed by atoms with Crippen molar-refractivity contribution in [3.05, 3.63) is 23.6 Å². The summed E-state index contributed by atoms with van der Waals surface area (Å²) in [6.07, 6.45) is 0.788. The first-order valence-electron chi connectivity index (χ1n) is 3.46. The first-order chi connectivity index (χ1) is 5.26. The topological polar surface area (TPSA) is 22.1 Å². The van der Waals surface area contributed by atoms with Crippen LogP contribution < -0.4 is 4.74 Å². The van der Waals surface area contributed by atoms with Gasteiger partial charge in [-0.2, -0.15) is 9.37 Å². The number of rotatable bonds is 2. The fourth-order valence-corrected chi connectivity index (χ4v) is 0.832. The Balaban J connectivity index is 3.02. The van der Waals surface area contributed by atoms with Gasteiger partial charge in [-0.3, -0.25) is 0 Å². The summed E-state index contributed by atoms with van der Waals surface area (Å²) in [7, 11) is 1.47. The third kappa shape index (κ3) is 1.90. The summed E-state index contributed by atoms with van der Waals surface area (Å²) >= 11 is 0. The highest BCUT2D eigenvalue weighted by molar-refractivity contribution is 5.20. The molecule has 0 aromatic carbocycles. The summed E-state index contributed by atoms with van der Waals surface area (Å²) in [6, 6.07) is 3.13. The highest BCUT2D eigenvalue weighted by atomic mass is 19.1. The van der Waals surface area contributed by atoms with Crippen LogP contribution in [-0.2, 0) is 6.42 Å². The maximum atomic E-state index is 12.6. The molecule has 0 aliphatic heterocycles. The normalized spacial score (nSPS) is 9.73. The Hall–Kier alpha value is -1.12. The van der Waals surface area contributed by atoms with Gasteiger partial charge in [-0.25, -0.2) is 0 Å². The van der Waals surface area contributed by atoms with Gasteiger partial charge in [0.1, 0.15) is 0 Å². The molecular formula is C8H10FNO. The summed E-state index contributed by atoms with van der Waals surface area (Å²) in [5.41, 5.74) is 0.898. The zero-order valence-corrected chi connectivity index (χ0v) is 6.60. The monoisotopic (exact) mass is 155 g/mol. The smallest absolute Gasteiger partial charge is 0.216 e. The van der Waals surface area contributed by atoms with Crippen LogP contribution in [0.1, 0.15) is 12.5 Å². The molecular weight excluding hydrogens is 145 g/mol. The lowest BCUT2D eigenvalue weighted by molar-refractivity contribution is 0.386. The molecule has 2 nitrogen and oxygen atoms in total. The van der Waals surface area contributed by atoms with Gasteiger partial charge in [0.05, 0.1) is 7.11 Å². The van der Waals surface area contributed by atoms with Gasteiger partial charge < -0.3 is 4.74 Å². The number of methoxy groups -OCH3 is 1. The Bertz CT molecular complexity index is 228. The molecule has 0 fully saturated rings. The van der Waals surface area contributed by atoms with Gasteiger partial charge in [-0.05, 0) is 18.1 Å². The van der Waals surface area contributed by atoms with Crippen LogP contribution in [0.4, 0.5) is 4.39 Å². The molecule has 0 saturated carbocycles.